The fraction of sp³-hybridized carbons (Fsp3) is 0.529. The lowest BCUT2D eigenvalue weighted by molar-refractivity contribution is -0.159. The van der Waals surface area contributed by atoms with Crippen LogP contribution >= 0.6 is 0 Å². The van der Waals surface area contributed by atoms with Crippen molar-refractivity contribution in [3.63, 3.8) is 0 Å². The zero-order chi connectivity index (χ0) is 17.3. The number of rotatable bonds is 10. The second-order valence-corrected chi connectivity index (χ2v) is 5.75. The molecule has 0 unspecified atom stereocenters. The Balaban J connectivity index is 2.60. The Morgan fingerprint density at radius 3 is 2.70 bits per heavy atom. The van der Waals surface area contributed by atoms with Crippen molar-refractivity contribution in [2.45, 2.75) is 45.8 Å². The summed E-state index contributed by atoms with van der Waals surface area (Å²) < 4.78 is 10.9. The van der Waals surface area contributed by atoms with Crippen molar-refractivity contribution >= 4 is 11.9 Å². The summed E-state index contributed by atoms with van der Waals surface area (Å²) in [5.74, 6) is -0.772. The fourth-order valence-corrected chi connectivity index (χ4v) is 1.85. The van der Waals surface area contributed by atoms with Gasteiger partial charge in [0.1, 0.15) is 5.75 Å². The van der Waals surface area contributed by atoms with Gasteiger partial charge in [0.25, 0.3) is 0 Å². The van der Waals surface area contributed by atoms with E-state index in [1.165, 1.54) is 0 Å². The molecular formula is C17H25NO5. The van der Waals surface area contributed by atoms with Gasteiger partial charge in [-0.25, -0.2) is 4.79 Å². The molecule has 0 fully saturated rings. The second-order valence-electron chi connectivity index (χ2n) is 5.75. The zero-order valence-electron chi connectivity index (χ0n) is 13.9. The lowest BCUT2D eigenvalue weighted by Gasteiger charge is -2.24. The van der Waals surface area contributed by atoms with E-state index in [1.807, 2.05) is 13.0 Å². The van der Waals surface area contributed by atoms with Crippen LogP contribution < -0.4 is 10.1 Å². The summed E-state index contributed by atoms with van der Waals surface area (Å²) in [4.78, 5) is 22.5. The predicted octanol–water partition coefficient (Wildman–Crippen LogP) is 2.36. The van der Waals surface area contributed by atoms with Gasteiger partial charge in [-0.15, -0.1) is 0 Å². The molecule has 2 N–H and O–H groups in total. The number of unbranched alkanes of at least 4 members (excludes halogenated alkanes) is 1. The van der Waals surface area contributed by atoms with Crippen molar-refractivity contribution in [2.75, 3.05) is 13.2 Å². The van der Waals surface area contributed by atoms with Gasteiger partial charge in [0, 0.05) is 6.54 Å². The highest BCUT2D eigenvalue weighted by molar-refractivity contribution is 5.79. The Labute approximate surface area is 136 Å². The number of carboxylic acids is 1. The van der Waals surface area contributed by atoms with Gasteiger partial charge in [-0.05, 0) is 38.0 Å². The Morgan fingerprint density at radius 2 is 2.04 bits per heavy atom. The highest BCUT2D eigenvalue weighted by Gasteiger charge is 2.31. The van der Waals surface area contributed by atoms with Crippen LogP contribution in [0.2, 0.25) is 0 Å². The van der Waals surface area contributed by atoms with E-state index in [4.69, 9.17) is 14.6 Å². The lowest BCUT2D eigenvalue weighted by Crippen LogP contribution is -2.39. The molecule has 0 atom stereocenters. The van der Waals surface area contributed by atoms with Crippen LogP contribution in [-0.2, 0) is 20.9 Å². The maximum Gasteiger partial charge on any atom is 0.349 e. The molecule has 0 aliphatic carbocycles. The Morgan fingerprint density at radius 1 is 1.30 bits per heavy atom. The minimum atomic E-state index is -1.08. The number of ether oxygens (including phenoxy) is 2. The third-order valence-corrected chi connectivity index (χ3v) is 3.10. The lowest BCUT2D eigenvalue weighted by atomic mass is 10.1. The van der Waals surface area contributed by atoms with Crippen molar-refractivity contribution < 1.29 is 24.2 Å². The van der Waals surface area contributed by atoms with Crippen LogP contribution in [0, 0.1) is 0 Å². The van der Waals surface area contributed by atoms with Crippen LogP contribution in [0.5, 0.6) is 5.75 Å². The number of benzene rings is 1. The van der Waals surface area contributed by atoms with E-state index in [0.29, 0.717) is 18.9 Å². The first-order chi connectivity index (χ1) is 10.8. The summed E-state index contributed by atoms with van der Waals surface area (Å²) >= 11 is 0. The van der Waals surface area contributed by atoms with E-state index in [2.05, 4.69) is 5.32 Å². The van der Waals surface area contributed by atoms with Gasteiger partial charge in [0.2, 0.25) is 0 Å². The summed E-state index contributed by atoms with van der Waals surface area (Å²) in [6, 6.07) is 7.18. The van der Waals surface area contributed by atoms with Crippen molar-refractivity contribution in [3.8, 4) is 5.75 Å². The van der Waals surface area contributed by atoms with E-state index < -0.39 is 17.5 Å². The smallest absolute Gasteiger partial charge is 0.349 e. The minimum Gasteiger partial charge on any atom is -0.480 e. The molecule has 128 valence electrons. The first-order valence-electron chi connectivity index (χ1n) is 7.73. The molecule has 0 amide bonds. The Hall–Kier alpha value is -2.08. The number of esters is 1. The third-order valence-electron chi connectivity index (χ3n) is 3.10. The molecule has 0 heterocycles. The van der Waals surface area contributed by atoms with Gasteiger partial charge in [-0.2, -0.15) is 0 Å². The molecule has 1 rings (SSSR count). The van der Waals surface area contributed by atoms with Crippen LogP contribution in [0.1, 0.15) is 39.2 Å². The topological polar surface area (TPSA) is 84.9 Å². The number of carbonyl (C=O) groups is 2. The van der Waals surface area contributed by atoms with Crippen LogP contribution in [0.4, 0.5) is 0 Å². The first-order valence-corrected chi connectivity index (χ1v) is 7.73. The van der Waals surface area contributed by atoms with Gasteiger partial charge in [0.05, 0.1) is 13.2 Å². The number of carbonyl (C=O) groups excluding carboxylic acids is 1. The molecule has 0 aliphatic rings. The van der Waals surface area contributed by atoms with E-state index >= 15 is 0 Å². The van der Waals surface area contributed by atoms with E-state index in [1.54, 1.807) is 32.0 Å². The zero-order valence-corrected chi connectivity index (χ0v) is 13.9. The summed E-state index contributed by atoms with van der Waals surface area (Å²) in [6.07, 6.45) is 1.78. The number of aliphatic carboxylic acids is 1. The van der Waals surface area contributed by atoms with Crippen LogP contribution in [0.15, 0.2) is 24.3 Å². The van der Waals surface area contributed by atoms with Gasteiger partial charge >= 0.3 is 11.9 Å². The number of hydrogen-bond acceptors (Lipinski definition) is 5. The molecule has 0 saturated heterocycles. The molecule has 0 aliphatic heterocycles. The van der Waals surface area contributed by atoms with E-state index in [0.717, 1.165) is 18.4 Å². The van der Waals surface area contributed by atoms with Crippen molar-refractivity contribution in [1.29, 1.82) is 0 Å². The second kappa shape index (κ2) is 9.15. The SMILES string of the molecule is CCCCOC(=O)C(C)(C)Oc1cccc(CNCC(=O)O)c1. The third kappa shape index (κ3) is 7.15. The van der Waals surface area contributed by atoms with Gasteiger partial charge in [-0.1, -0.05) is 25.5 Å². The van der Waals surface area contributed by atoms with Crippen LogP contribution in [-0.4, -0.2) is 35.8 Å². The number of carboxylic acid groups (broad SMARTS) is 1. The fourth-order valence-electron chi connectivity index (χ4n) is 1.85. The molecule has 0 radical (unpaired) electrons. The molecule has 0 spiro atoms. The van der Waals surface area contributed by atoms with Crippen molar-refractivity contribution in [3.05, 3.63) is 29.8 Å². The quantitative estimate of drug-likeness (QED) is 0.508. The highest BCUT2D eigenvalue weighted by Crippen LogP contribution is 2.21. The summed E-state index contributed by atoms with van der Waals surface area (Å²) in [5.41, 5.74) is -0.209. The van der Waals surface area contributed by atoms with Crippen molar-refractivity contribution in [1.82, 2.24) is 5.32 Å². The summed E-state index contributed by atoms with van der Waals surface area (Å²) in [6.45, 7) is 6.04. The predicted molar refractivity (Wildman–Crippen MR) is 86.4 cm³/mol. The molecule has 6 nitrogen and oxygen atoms in total. The van der Waals surface area contributed by atoms with E-state index in [-0.39, 0.29) is 6.54 Å². The summed E-state index contributed by atoms with van der Waals surface area (Å²) in [7, 11) is 0. The normalized spacial score (nSPS) is 11.1. The average Bonchev–Trinajstić information content (AvgIpc) is 2.47. The first kappa shape index (κ1) is 19.0. The maximum atomic E-state index is 12.1. The Kier molecular flexibility index (Phi) is 7.54. The highest BCUT2D eigenvalue weighted by atomic mass is 16.6. The van der Waals surface area contributed by atoms with Crippen LogP contribution in [0.3, 0.4) is 0 Å². The molecule has 6 heteroatoms. The molecular weight excluding hydrogens is 298 g/mol. The molecule has 1 aromatic rings. The van der Waals surface area contributed by atoms with Crippen molar-refractivity contribution in [2.24, 2.45) is 0 Å². The van der Waals surface area contributed by atoms with Gasteiger partial charge < -0.3 is 19.9 Å². The monoisotopic (exact) mass is 323 g/mol. The molecule has 23 heavy (non-hydrogen) atoms. The largest absolute Gasteiger partial charge is 0.480 e. The molecule has 0 saturated carbocycles. The Bertz CT molecular complexity index is 527. The standard InChI is InChI=1S/C17H25NO5/c1-4-5-9-22-16(21)17(2,3)23-14-8-6-7-13(10-14)11-18-12-15(19)20/h6-8,10,18H,4-5,9,11-12H2,1-3H3,(H,19,20). The van der Waals surface area contributed by atoms with Gasteiger partial charge in [0.15, 0.2) is 5.60 Å². The number of nitrogens with one attached hydrogen (secondary N) is 1. The maximum absolute atomic E-state index is 12.1. The molecule has 0 bridgehead atoms. The van der Waals surface area contributed by atoms with E-state index in [9.17, 15) is 9.59 Å². The molecule has 0 aromatic heterocycles. The molecule has 1 aromatic carbocycles. The minimum absolute atomic E-state index is 0.111. The average molecular weight is 323 g/mol. The summed E-state index contributed by atoms with van der Waals surface area (Å²) in [5, 5.41) is 11.4. The van der Waals surface area contributed by atoms with Crippen LogP contribution in [0.25, 0.3) is 0 Å². The number of hydrogen-bond donors (Lipinski definition) is 2. The van der Waals surface area contributed by atoms with Gasteiger partial charge in [-0.3, -0.25) is 4.79 Å².